The number of benzene rings is 2. The van der Waals surface area contributed by atoms with E-state index in [2.05, 4.69) is 10.6 Å². The van der Waals surface area contributed by atoms with Crippen LogP contribution in [0.15, 0.2) is 48.5 Å². The second-order valence-electron chi connectivity index (χ2n) is 7.41. The van der Waals surface area contributed by atoms with Gasteiger partial charge in [-0.25, -0.2) is 4.79 Å². The van der Waals surface area contributed by atoms with Gasteiger partial charge in [0.05, 0.1) is 16.8 Å². The molecule has 0 aliphatic carbocycles. The van der Waals surface area contributed by atoms with Crippen molar-refractivity contribution in [1.82, 2.24) is 9.80 Å². The number of nitrogens with one attached hydrogen (secondary N) is 2. The van der Waals surface area contributed by atoms with Gasteiger partial charge in [-0.1, -0.05) is 18.2 Å². The summed E-state index contributed by atoms with van der Waals surface area (Å²) in [6.45, 7) is 0.0898. The molecule has 0 bridgehead atoms. The Hall–Kier alpha value is -3.89. The number of carbonyl (C=O) groups excluding carboxylic acids is 4. The summed E-state index contributed by atoms with van der Waals surface area (Å²) in [5.74, 6) is -1.47. The quantitative estimate of drug-likeness (QED) is 0.615. The number of urea groups is 1. The van der Waals surface area contributed by atoms with Gasteiger partial charge >= 0.3 is 12.2 Å². The van der Waals surface area contributed by atoms with E-state index >= 15 is 0 Å². The largest absolute Gasteiger partial charge is 0.416 e. The van der Waals surface area contributed by atoms with Gasteiger partial charge in [0, 0.05) is 25.7 Å². The van der Waals surface area contributed by atoms with E-state index in [1.807, 2.05) is 0 Å². The second-order valence-corrected chi connectivity index (χ2v) is 7.41. The molecule has 174 valence electrons. The van der Waals surface area contributed by atoms with Gasteiger partial charge in [0.25, 0.3) is 5.91 Å². The highest BCUT2D eigenvalue weighted by Crippen LogP contribution is 2.31. The molecule has 0 radical (unpaired) electrons. The first kappa shape index (κ1) is 23.8. The average molecular weight is 462 g/mol. The molecule has 0 spiro atoms. The molecular formula is C22H21F3N4O4. The Kier molecular flexibility index (Phi) is 7.00. The van der Waals surface area contributed by atoms with E-state index in [1.54, 1.807) is 12.1 Å². The highest BCUT2D eigenvalue weighted by Gasteiger charge is 2.33. The van der Waals surface area contributed by atoms with E-state index in [1.165, 1.54) is 36.2 Å². The van der Waals surface area contributed by atoms with Crippen LogP contribution in [0.25, 0.3) is 0 Å². The number of likely N-dealkylation sites (N-methyl/N-ethyl adjacent to an activating group) is 1. The van der Waals surface area contributed by atoms with Gasteiger partial charge in [0.1, 0.15) is 6.54 Å². The molecule has 0 saturated carbocycles. The van der Waals surface area contributed by atoms with Crippen LogP contribution in [0.3, 0.4) is 0 Å². The van der Waals surface area contributed by atoms with Crippen LogP contribution in [-0.2, 0) is 15.8 Å². The lowest BCUT2D eigenvalue weighted by atomic mass is 10.1. The Bertz CT molecular complexity index is 1090. The zero-order chi connectivity index (χ0) is 24.2. The molecule has 0 unspecified atom stereocenters. The van der Waals surface area contributed by atoms with Crippen molar-refractivity contribution in [2.75, 3.05) is 30.8 Å². The Labute approximate surface area is 187 Å². The molecule has 2 N–H and O–H groups in total. The van der Waals surface area contributed by atoms with E-state index in [0.717, 1.165) is 17.0 Å². The summed E-state index contributed by atoms with van der Waals surface area (Å²) in [6, 6.07) is 9.86. The third-order valence-corrected chi connectivity index (χ3v) is 4.91. The lowest BCUT2D eigenvalue weighted by molar-refractivity contribution is -0.137. The number of hydrogen-bond acceptors (Lipinski definition) is 4. The normalized spacial score (nSPS) is 13.9. The highest BCUT2D eigenvalue weighted by molar-refractivity contribution is 6.10. The van der Waals surface area contributed by atoms with Gasteiger partial charge in [-0.3, -0.25) is 19.3 Å². The minimum atomic E-state index is -4.55. The maximum atomic E-state index is 12.9. The molecule has 1 aliphatic heterocycles. The van der Waals surface area contributed by atoms with Crippen molar-refractivity contribution < 1.29 is 32.3 Å². The molecule has 1 aliphatic rings. The zero-order valence-corrected chi connectivity index (χ0v) is 17.6. The molecule has 0 atom stereocenters. The number of para-hydroxylation sites is 1. The van der Waals surface area contributed by atoms with Crippen molar-refractivity contribution in [2.24, 2.45) is 0 Å². The van der Waals surface area contributed by atoms with Crippen LogP contribution in [0.4, 0.5) is 29.3 Å². The smallest absolute Gasteiger partial charge is 0.325 e. The fraction of sp³-hybridized carbons (Fsp3) is 0.273. The zero-order valence-electron chi connectivity index (χ0n) is 17.6. The van der Waals surface area contributed by atoms with E-state index in [4.69, 9.17) is 0 Å². The van der Waals surface area contributed by atoms with E-state index < -0.39 is 29.6 Å². The molecule has 8 nitrogen and oxygen atoms in total. The van der Waals surface area contributed by atoms with Crippen molar-refractivity contribution in [3.05, 3.63) is 59.7 Å². The third-order valence-electron chi connectivity index (χ3n) is 4.91. The fourth-order valence-corrected chi connectivity index (χ4v) is 3.26. The van der Waals surface area contributed by atoms with Crippen molar-refractivity contribution in [2.45, 2.75) is 19.0 Å². The molecule has 5 amide bonds. The van der Waals surface area contributed by atoms with Gasteiger partial charge in [0.15, 0.2) is 0 Å². The Morgan fingerprint density at radius 2 is 1.76 bits per heavy atom. The summed E-state index contributed by atoms with van der Waals surface area (Å²) in [5.41, 5.74) is -0.696. The van der Waals surface area contributed by atoms with Crippen LogP contribution in [-0.4, -0.2) is 53.7 Å². The van der Waals surface area contributed by atoms with E-state index in [0.29, 0.717) is 0 Å². The van der Waals surface area contributed by atoms with Gasteiger partial charge in [-0.05, 0) is 36.8 Å². The predicted octanol–water partition coefficient (Wildman–Crippen LogP) is 3.57. The summed E-state index contributed by atoms with van der Waals surface area (Å²) >= 11 is 0. The predicted molar refractivity (Wildman–Crippen MR) is 113 cm³/mol. The van der Waals surface area contributed by atoms with E-state index in [-0.39, 0.29) is 48.8 Å². The monoisotopic (exact) mass is 462 g/mol. The molecule has 2 aromatic rings. The lowest BCUT2D eigenvalue weighted by Crippen LogP contribution is -2.33. The van der Waals surface area contributed by atoms with Crippen molar-refractivity contribution in [3.8, 4) is 0 Å². The van der Waals surface area contributed by atoms with Crippen molar-refractivity contribution in [3.63, 3.8) is 0 Å². The number of amides is 5. The number of anilines is 2. The molecular weight excluding hydrogens is 441 g/mol. The van der Waals surface area contributed by atoms with Crippen LogP contribution in [0.2, 0.25) is 0 Å². The summed E-state index contributed by atoms with van der Waals surface area (Å²) < 4.78 is 38.7. The SMILES string of the molecule is CN1CC(=O)N(CCCC(=O)Nc2ccccc2C(=O)Nc2cccc(C(F)(F)F)c2)C1=O. The molecule has 1 saturated heterocycles. The Morgan fingerprint density at radius 1 is 1.03 bits per heavy atom. The van der Waals surface area contributed by atoms with Crippen molar-refractivity contribution in [1.29, 1.82) is 0 Å². The number of hydrogen-bond donors (Lipinski definition) is 2. The van der Waals surface area contributed by atoms with Crippen LogP contribution >= 0.6 is 0 Å². The third kappa shape index (κ3) is 5.88. The maximum absolute atomic E-state index is 12.9. The second kappa shape index (κ2) is 9.72. The number of carbonyl (C=O) groups is 4. The minimum Gasteiger partial charge on any atom is -0.325 e. The highest BCUT2D eigenvalue weighted by atomic mass is 19.4. The Morgan fingerprint density at radius 3 is 2.42 bits per heavy atom. The molecule has 33 heavy (non-hydrogen) atoms. The number of halogens is 3. The summed E-state index contributed by atoms with van der Waals surface area (Å²) in [7, 11) is 1.51. The average Bonchev–Trinajstić information content (AvgIpc) is 2.99. The number of alkyl halides is 3. The summed E-state index contributed by atoms with van der Waals surface area (Å²) in [4.78, 5) is 50.9. The molecule has 11 heteroatoms. The van der Waals surface area contributed by atoms with Crippen LogP contribution in [0.1, 0.15) is 28.8 Å². The molecule has 0 aromatic heterocycles. The summed E-state index contributed by atoms with van der Waals surface area (Å²) in [6.07, 6.45) is -4.33. The number of rotatable bonds is 7. The molecule has 2 aromatic carbocycles. The van der Waals surface area contributed by atoms with Crippen molar-refractivity contribution >= 4 is 35.1 Å². The number of nitrogens with zero attached hydrogens (tertiary/aromatic N) is 2. The van der Waals surface area contributed by atoms with Gasteiger partial charge in [-0.2, -0.15) is 13.2 Å². The van der Waals surface area contributed by atoms with Crippen LogP contribution in [0.5, 0.6) is 0 Å². The molecule has 1 heterocycles. The lowest BCUT2D eigenvalue weighted by Gasteiger charge is -2.14. The number of imide groups is 1. The van der Waals surface area contributed by atoms with Gasteiger partial charge in [-0.15, -0.1) is 0 Å². The van der Waals surface area contributed by atoms with Crippen LogP contribution in [0, 0.1) is 0 Å². The first-order valence-corrected chi connectivity index (χ1v) is 9.99. The standard InChI is InChI=1S/C22H21F3N4O4/c1-28-13-19(31)29(21(28)33)11-5-10-18(30)27-17-9-3-2-8-16(17)20(32)26-15-7-4-6-14(12-15)22(23,24)25/h2-4,6-9,12H,5,10-11,13H2,1H3,(H,26,32)(H,27,30). The first-order valence-electron chi connectivity index (χ1n) is 9.99. The molecule has 1 fully saturated rings. The van der Waals surface area contributed by atoms with Gasteiger partial charge in [0.2, 0.25) is 11.8 Å². The summed E-state index contributed by atoms with van der Waals surface area (Å²) in [5, 5.41) is 4.99. The molecule has 3 rings (SSSR count). The topological polar surface area (TPSA) is 98.8 Å². The van der Waals surface area contributed by atoms with Crippen LogP contribution < -0.4 is 10.6 Å². The van der Waals surface area contributed by atoms with Gasteiger partial charge < -0.3 is 15.5 Å². The van der Waals surface area contributed by atoms with E-state index in [9.17, 15) is 32.3 Å². The minimum absolute atomic E-state index is 0.000600. The first-order chi connectivity index (χ1) is 15.6. The Balaban J connectivity index is 1.61. The fourth-order valence-electron chi connectivity index (χ4n) is 3.26. The maximum Gasteiger partial charge on any atom is 0.416 e.